The average Bonchev–Trinajstić information content (AvgIpc) is 2.50. The molecule has 0 aliphatic heterocycles. The maximum atomic E-state index is 5.15. The standard InChI is InChI=1S/C8H7BrN2O.ClH/c1-12-7-4-6(9)5-11-3-2-10-8(7)11;/h2-5H,1H3;1H. The summed E-state index contributed by atoms with van der Waals surface area (Å²) < 4.78 is 8.04. The summed E-state index contributed by atoms with van der Waals surface area (Å²) in [4.78, 5) is 4.15. The van der Waals surface area contributed by atoms with E-state index in [9.17, 15) is 0 Å². The number of aromatic nitrogens is 2. The molecule has 0 unspecified atom stereocenters. The number of methoxy groups -OCH3 is 1. The van der Waals surface area contributed by atoms with E-state index in [1.165, 1.54) is 0 Å². The van der Waals surface area contributed by atoms with Gasteiger partial charge in [0.05, 0.1) is 7.11 Å². The highest BCUT2D eigenvalue weighted by Gasteiger charge is 2.02. The first-order chi connectivity index (χ1) is 5.81. The fourth-order valence-corrected chi connectivity index (χ4v) is 1.55. The molecule has 0 saturated heterocycles. The predicted molar refractivity (Wildman–Crippen MR) is 56.7 cm³/mol. The minimum Gasteiger partial charge on any atom is -0.493 e. The molecule has 0 bridgehead atoms. The predicted octanol–water partition coefficient (Wildman–Crippen LogP) is 2.53. The van der Waals surface area contributed by atoms with Gasteiger partial charge in [0.25, 0.3) is 0 Å². The van der Waals surface area contributed by atoms with E-state index in [0.717, 1.165) is 15.9 Å². The molecule has 0 spiro atoms. The van der Waals surface area contributed by atoms with Crippen LogP contribution in [0.25, 0.3) is 5.65 Å². The molecule has 2 heterocycles. The molecule has 2 rings (SSSR count). The van der Waals surface area contributed by atoms with Crippen LogP contribution < -0.4 is 4.74 Å². The zero-order chi connectivity index (χ0) is 8.55. The fourth-order valence-electron chi connectivity index (χ4n) is 1.12. The second-order valence-corrected chi connectivity index (χ2v) is 3.30. The van der Waals surface area contributed by atoms with Gasteiger partial charge < -0.3 is 9.14 Å². The molecule has 0 fully saturated rings. The maximum absolute atomic E-state index is 5.15. The third kappa shape index (κ3) is 1.78. The number of halogens is 2. The highest BCUT2D eigenvalue weighted by atomic mass is 79.9. The van der Waals surface area contributed by atoms with Crippen molar-refractivity contribution in [2.45, 2.75) is 0 Å². The molecule has 3 nitrogen and oxygen atoms in total. The lowest BCUT2D eigenvalue weighted by Gasteiger charge is -2.02. The Labute approximate surface area is 90.3 Å². The molecule has 0 atom stereocenters. The molecule has 70 valence electrons. The quantitative estimate of drug-likeness (QED) is 0.790. The van der Waals surface area contributed by atoms with Crippen molar-refractivity contribution in [2.24, 2.45) is 0 Å². The van der Waals surface area contributed by atoms with Crippen molar-refractivity contribution in [2.75, 3.05) is 7.11 Å². The van der Waals surface area contributed by atoms with Crippen LogP contribution in [0.1, 0.15) is 0 Å². The van der Waals surface area contributed by atoms with Crippen molar-refractivity contribution < 1.29 is 4.74 Å². The Morgan fingerprint density at radius 3 is 3.00 bits per heavy atom. The summed E-state index contributed by atoms with van der Waals surface area (Å²) in [5, 5.41) is 0. The van der Waals surface area contributed by atoms with E-state index in [1.54, 1.807) is 13.3 Å². The molecule has 0 radical (unpaired) electrons. The number of hydrogen-bond donors (Lipinski definition) is 0. The van der Waals surface area contributed by atoms with E-state index in [1.807, 2.05) is 22.9 Å². The molecule has 0 aliphatic rings. The van der Waals surface area contributed by atoms with Crippen LogP contribution in [-0.4, -0.2) is 16.5 Å². The molecular formula is C8H8BrClN2O. The van der Waals surface area contributed by atoms with E-state index in [2.05, 4.69) is 20.9 Å². The first kappa shape index (κ1) is 10.3. The second kappa shape index (κ2) is 3.98. The lowest BCUT2D eigenvalue weighted by molar-refractivity contribution is 0.416. The number of hydrogen-bond acceptors (Lipinski definition) is 2. The van der Waals surface area contributed by atoms with E-state index in [-0.39, 0.29) is 12.4 Å². The van der Waals surface area contributed by atoms with Crippen molar-refractivity contribution in [1.29, 1.82) is 0 Å². The Balaban J connectivity index is 0.000000845. The highest BCUT2D eigenvalue weighted by Crippen LogP contribution is 2.22. The Hall–Kier alpha value is -0.740. The SMILES string of the molecule is COc1cc(Br)cn2ccnc12.Cl. The Kier molecular flexibility index (Phi) is 3.17. The van der Waals surface area contributed by atoms with Gasteiger partial charge in [-0.05, 0) is 22.0 Å². The minimum absolute atomic E-state index is 0. The maximum Gasteiger partial charge on any atom is 0.179 e. The lowest BCUT2D eigenvalue weighted by Crippen LogP contribution is -1.89. The van der Waals surface area contributed by atoms with Crippen LogP contribution in [0, 0.1) is 0 Å². The van der Waals surface area contributed by atoms with Crippen LogP contribution in [0.2, 0.25) is 0 Å². The van der Waals surface area contributed by atoms with Crippen LogP contribution in [-0.2, 0) is 0 Å². The van der Waals surface area contributed by atoms with Gasteiger partial charge in [-0.1, -0.05) is 0 Å². The smallest absolute Gasteiger partial charge is 0.179 e. The molecule has 0 saturated carbocycles. The zero-order valence-corrected chi connectivity index (χ0v) is 9.30. The number of nitrogens with zero attached hydrogens (tertiary/aromatic N) is 2. The first-order valence-electron chi connectivity index (χ1n) is 3.47. The largest absolute Gasteiger partial charge is 0.493 e. The summed E-state index contributed by atoms with van der Waals surface area (Å²) in [5.74, 6) is 0.773. The van der Waals surface area contributed by atoms with Crippen molar-refractivity contribution >= 4 is 34.0 Å². The number of rotatable bonds is 1. The summed E-state index contributed by atoms with van der Waals surface area (Å²) in [7, 11) is 1.64. The monoisotopic (exact) mass is 262 g/mol. The lowest BCUT2D eigenvalue weighted by atomic mass is 10.4. The van der Waals surface area contributed by atoms with Crippen LogP contribution >= 0.6 is 28.3 Å². The topological polar surface area (TPSA) is 26.5 Å². The summed E-state index contributed by atoms with van der Waals surface area (Å²) in [6.07, 6.45) is 5.55. The Morgan fingerprint density at radius 2 is 2.31 bits per heavy atom. The van der Waals surface area contributed by atoms with E-state index < -0.39 is 0 Å². The van der Waals surface area contributed by atoms with Crippen molar-refractivity contribution in [3.8, 4) is 5.75 Å². The molecule has 0 N–H and O–H groups in total. The molecule has 0 aliphatic carbocycles. The summed E-state index contributed by atoms with van der Waals surface area (Å²) in [6, 6.07) is 1.89. The Bertz CT molecular complexity index is 415. The molecule has 0 aromatic carbocycles. The molecule has 2 aromatic heterocycles. The molecule has 0 amide bonds. The number of pyridine rings is 1. The van der Waals surface area contributed by atoms with Gasteiger partial charge in [-0.15, -0.1) is 12.4 Å². The van der Waals surface area contributed by atoms with E-state index in [4.69, 9.17) is 4.74 Å². The van der Waals surface area contributed by atoms with Crippen LogP contribution in [0.15, 0.2) is 29.1 Å². The molecule has 2 aromatic rings. The first-order valence-corrected chi connectivity index (χ1v) is 4.27. The van der Waals surface area contributed by atoms with Crippen LogP contribution in [0.4, 0.5) is 0 Å². The summed E-state index contributed by atoms with van der Waals surface area (Å²) >= 11 is 3.38. The number of imidazole rings is 1. The minimum atomic E-state index is 0. The highest BCUT2D eigenvalue weighted by molar-refractivity contribution is 9.10. The molecular weight excluding hydrogens is 255 g/mol. The van der Waals surface area contributed by atoms with Gasteiger partial charge in [-0.25, -0.2) is 4.98 Å². The van der Waals surface area contributed by atoms with Crippen LogP contribution in [0.3, 0.4) is 0 Å². The van der Waals surface area contributed by atoms with Gasteiger partial charge in [0, 0.05) is 23.1 Å². The third-order valence-corrected chi connectivity index (χ3v) is 2.07. The van der Waals surface area contributed by atoms with E-state index >= 15 is 0 Å². The van der Waals surface area contributed by atoms with Crippen molar-refractivity contribution in [3.05, 3.63) is 29.1 Å². The van der Waals surface area contributed by atoms with Gasteiger partial charge >= 0.3 is 0 Å². The van der Waals surface area contributed by atoms with Crippen molar-refractivity contribution in [1.82, 2.24) is 9.38 Å². The van der Waals surface area contributed by atoms with Crippen LogP contribution in [0.5, 0.6) is 5.75 Å². The number of fused-ring (bicyclic) bond motifs is 1. The van der Waals surface area contributed by atoms with E-state index in [0.29, 0.717) is 0 Å². The third-order valence-electron chi connectivity index (χ3n) is 1.64. The van der Waals surface area contributed by atoms with Gasteiger partial charge in [0.2, 0.25) is 0 Å². The summed E-state index contributed by atoms with van der Waals surface area (Å²) in [5.41, 5.74) is 0.834. The summed E-state index contributed by atoms with van der Waals surface area (Å²) in [6.45, 7) is 0. The second-order valence-electron chi connectivity index (χ2n) is 2.38. The molecule has 13 heavy (non-hydrogen) atoms. The number of ether oxygens (including phenoxy) is 1. The average molecular weight is 264 g/mol. The Morgan fingerprint density at radius 1 is 1.54 bits per heavy atom. The van der Waals surface area contributed by atoms with Gasteiger partial charge in [0.15, 0.2) is 11.4 Å². The van der Waals surface area contributed by atoms with Gasteiger partial charge in [-0.3, -0.25) is 0 Å². The zero-order valence-electron chi connectivity index (χ0n) is 6.90. The normalized spacial score (nSPS) is 9.69. The molecule has 5 heteroatoms. The van der Waals surface area contributed by atoms with Gasteiger partial charge in [-0.2, -0.15) is 0 Å². The van der Waals surface area contributed by atoms with Gasteiger partial charge in [0.1, 0.15) is 0 Å². The fraction of sp³-hybridized carbons (Fsp3) is 0.125. The van der Waals surface area contributed by atoms with Crippen molar-refractivity contribution in [3.63, 3.8) is 0 Å².